The summed E-state index contributed by atoms with van der Waals surface area (Å²) in [6, 6.07) is 5.78. The monoisotopic (exact) mass is 418 g/mol. The third-order valence-electron chi connectivity index (χ3n) is 6.62. The van der Waals surface area contributed by atoms with Crippen LogP contribution in [0.1, 0.15) is 50.5 Å². The predicted octanol–water partition coefficient (Wildman–Crippen LogP) is 4.42. The molecule has 0 unspecified atom stereocenters. The van der Waals surface area contributed by atoms with Crippen LogP contribution in [0.3, 0.4) is 0 Å². The molecule has 4 aliphatic rings. The number of carbonyl (C=O) groups is 2. The van der Waals surface area contributed by atoms with E-state index in [1.165, 1.54) is 19.3 Å². The van der Waals surface area contributed by atoms with Crippen LogP contribution >= 0.6 is 15.9 Å². The first-order valence-electron chi connectivity index (χ1n) is 9.78. The lowest BCUT2D eigenvalue weighted by Gasteiger charge is -2.55. The Kier molecular flexibility index (Phi) is 4.84. The summed E-state index contributed by atoms with van der Waals surface area (Å²) < 4.78 is 0.996. The Morgan fingerprint density at radius 2 is 1.73 bits per heavy atom. The molecule has 2 N–H and O–H groups in total. The minimum atomic E-state index is -0.131. The first-order chi connectivity index (χ1) is 12.4. The number of hydrogen-bond donors (Lipinski definition) is 2. The Bertz CT molecular complexity index is 695. The lowest BCUT2D eigenvalue weighted by molar-refractivity contribution is -0.146. The zero-order chi connectivity index (χ0) is 18.3. The van der Waals surface area contributed by atoms with Gasteiger partial charge in [-0.15, -0.1) is 0 Å². The van der Waals surface area contributed by atoms with Gasteiger partial charge in [-0.05, 0) is 87.0 Å². The fourth-order valence-corrected chi connectivity index (χ4v) is 6.32. The third kappa shape index (κ3) is 3.55. The highest BCUT2D eigenvalue weighted by atomic mass is 79.9. The predicted molar refractivity (Wildman–Crippen MR) is 106 cm³/mol. The number of hydrogen-bond acceptors (Lipinski definition) is 2. The second-order valence-electron chi connectivity index (χ2n) is 8.71. The van der Waals surface area contributed by atoms with Gasteiger partial charge in [-0.1, -0.05) is 15.9 Å². The fraction of sp³-hybridized carbons (Fsp3) is 0.619. The second kappa shape index (κ2) is 6.99. The summed E-state index contributed by atoms with van der Waals surface area (Å²) in [5, 5.41) is 6.01. The first kappa shape index (κ1) is 18.0. The van der Waals surface area contributed by atoms with Crippen LogP contribution in [0, 0.1) is 30.1 Å². The molecule has 1 aromatic carbocycles. The van der Waals surface area contributed by atoms with Crippen molar-refractivity contribution in [3.05, 3.63) is 28.2 Å². The molecule has 4 bridgehead atoms. The van der Waals surface area contributed by atoms with Crippen molar-refractivity contribution in [2.75, 3.05) is 11.9 Å². The van der Waals surface area contributed by atoms with Crippen LogP contribution in [0.4, 0.5) is 5.69 Å². The van der Waals surface area contributed by atoms with E-state index < -0.39 is 0 Å². The van der Waals surface area contributed by atoms with E-state index in [1.807, 2.05) is 25.1 Å². The van der Waals surface area contributed by atoms with E-state index in [1.54, 1.807) is 0 Å². The number of aryl methyl sites for hydroxylation is 1. The highest BCUT2D eigenvalue weighted by molar-refractivity contribution is 9.10. The van der Waals surface area contributed by atoms with Crippen molar-refractivity contribution in [2.24, 2.45) is 23.2 Å². The Balaban J connectivity index is 1.28. The molecule has 0 aliphatic heterocycles. The number of carbonyl (C=O) groups excluding carboxylic acids is 2. The van der Waals surface area contributed by atoms with Crippen molar-refractivity contribution in [1.82, 2.24) is 5.32 Å². The van der Waals surface area contributed by atoms with Crippen molar-refractivity contribution < 1.29 is 9.59 Å². The summed E-state index contributed by atoms with van der Waals surface area (Å²) in [5.41, 5.74) is 1.71. The molecule has 0 atom stereocenters. The van der Waals surface area contributed by atoms with Crippen molar-refractivity contribution in [3.63, 3.8) is 0 Å². The molecule has 2 amide bonds. The first-order valence-corrected chi connectivity index (χ1v) is 10.6. The van der Waals surface area contributed by atoms with Gasteiger partial charge in [-0.2, -0.15) is 0 Å². The van der Waals surface area contributed by atoms with Crippen LogP contribution < -0.4 is 10.6 Å². The molecule has 0 heterocycles. The number of amides is 2. The largest absolute Gasteiger partial charge is 0.355 e. The molecular weight excluding hydrogens is 392 g/mol. The summed E-state index contributed by atoms with van der Waals surface area (Å²) in [4.78, 5) is 25.1. The number of anilines is 1. The smallest absolute Gasteiger partial charge is 0.226 e. The standard InChI is InChI=1S/C21H27BrN2O2/c1-13-6-17(22)2-3-18(13)24-19(25)4-5-23-20(26)21-10-14-7-15(11-21)9-16(8-14)12-21/h2-3,6,14-16H,4-5,7-12H2,1H3,(H,23,26)(H,24,25). The highest BCUT2D eigenvalue weighted by Crippen LogP contribution is 2.60. The van der Waals surface area contributed by atoms with Gasteiger partial charge in [0.1, 0.15) is 0 Å². The Morgan fingerprint density at radius 3 is 2.31 bits per heavy atom. The van der Waals surface area contributed by atoms with E-state index in [2.05, 4.69) is 26.6 Å². The Morgan fingerprint density at radius 1 is 1.12 bits per heavy atom. The van der Waals surface area contributed by atoms with Gasteiger partial charge in [0.15, 0.2) is 0 Å². The van der Waals surface area contributed by atoms with Gasteiger partial charge in [0.05, 0.1) is 0 Å². The van der Waals surface area contributed by atoms with Crippen LogP contribution in [0.15, 0.2) is 22.7 Å². The molecule has 5 rings (SSSR count). The minimum Gasteiger partial charge on any atom is -0.355 e. The summed E-state index contributed by atoms with van der Waals surface area (Å²) in [5.74, 6) is 2.42. The van der Waals surface area contributed by atoms with E-state index in [4.69, 9.17) is 0 Å². The third-order valence-corrected chi connectivity index (χ3v) is 7.11. The van der Waals surface area contributed by atoms with Gasteiger partial charge in [-0.25, -0.2) is 0 Å². The number of benzene rings is 1. The molecule has 4 nitrogen and oxygen atoms in total. The maximum absolute atomic E-state index is 12.9. The number of halogens is 1. The SMILES string of the molecule is Cc1cc(Br)ccc1NC(=O)CCNC(=O)C12CC3CC(CC(C3)C1)C2. The normalized spacial score (nSPS) is 31.7. The molecule has 0 aromatic heterocycles. The molecule has 4 saturated carbocycles. The van der Waals surface area contributed by atoms with E-state index in [9.17, 15) is 9.59 Å². The number of rotatable bonds is 5. The van der Waals surface area contributed by atoms with Crippen LogP contribution in [-0.2, 0) is 9.59 Å². The molecule has 4 aliphatic carbocycles. The van der Waals surface area contributed by atoms with Gasteiger partial charge >= 0.3 is 0 Å². The lowest BCUT2D eigenvalue weighted by Crippen LogP contribution is -2.53. The van der Waals surface area contributed by atoms with Gasteiger partial charge in [-0.3, -0.25) is 9.59 Å². The van der Waals surface area contributed by atoms with Crippen LogP contribution in [0.25, 0.3) is 0 Å². The van der Waals surface area contributed by atoms with Crippen molar-refractivity contribution >= 4 is 33.4 Å². The van der Waals surface area contributed by atoms with Crippen LogP contribution in [0.5, 0.6) is 0 Å². The van der Waals surface area contributed by atoms with E-state index in [-0.39, 0.29) is 17.2 Å². The van der Waals surface area contributed by atoms with Gasteiger partial charge in [0.25, 0.3) is 0 Å². The topological polar surface area (TPSA) is 58.2 Å². The van der Waals surface area contributed by atoms with Crippen LogP contribution in [0.2, 0.25) is 0 Å². The average Bonchev–Trinajstić information content (AvgIpc) is 2.56. The minimum absolute atomic E-state index is 0.0544. The van der Waals surface area contributed by atoms with Crippen molar-refractivity contribution in [2.45, 2.75) is 51.9 Å². The molecule has 0 spiro atoms. The summed E-state index contributed by atoms with van der Waals surface area (Å²) in [6.45, 7) is 2.39. The molecule has 4 fully saturated rings. The summed E-state index contributed by atoms with van der Waals surface area (Å²) in [6.07, 6.45) is 7.51. The van der Waals surface area contributed by atoms with E-state index in [0.717, 1.165) is 52.7 Å². The quantitative estimate of drug-likeness (QED) is 0.743. The molecule has 0 saturated heterocycles. The Labute approximate surface area is 163 Å². The fourth-order valence-electron chi connectivity index (χ4n) is 5.85. The zero-order valence-electron chi connectivity index (χ0n) is 15.3. The summed E-state index contributed by atoms with van der Waals surface area (Å²) in [7, 11) is 0. The summed E-state index contributed by atoms with van der Waals surface area (Å²) >= 11 is 3.43. The second-order valence-corrected chi connectivity index (χ2v) is 9.63. The molecule has 1 aromatic rings. The maximum Gasteiger partial charge on any atom is 0.226 e. The van der Waals surface area contributed by atoms with Gasteiger partial charge < -0.3 is 10.6 Å². The maximum atomic E-state index is 12.9. The molecule has 5 heteroatoms. The van der Waals surface area contributed by atoms with E-state index >= 15 is 0 Å². The van der Waals surface area contributed by atoms with Crippen molar-refractivity contribution in [1.29, 1.82) is 0 Å². The molecular formula is C21H27BrN2O2. The highest BCUT2D eigenvalue weighted by Gasteiger charge is 2.54. The Hall–Kier alpha value is -1.36. The van der Waals surface area contributed by atoms with Gasteiger partial charge in [0.2, 0.25) is 11.8 Å². The number of nitrogens with one attached hydrogen (secondary N) is 2. The lowest BCUT2D eigenvalue weighted by atomic mass is 9.49. The van der Waals surface area contributed by atoms with Gasteiger partial charge in [0, 0.05) is 28.5 Å². The molecule has 140 valence electrons. The average molecular weight is 419 g/mol. The van der Waals surface area contributed by atoms with E-state index in [0.29, 0.717) is 13.0 Å². The molecule has 0 radical (unpaired) electrons. The zero-order valence-corrected chi connectivity index (χ0v) is 16.9. The van der Waals surface area contributed by atoms with Crippen LogP contribution in [-0.4, -0.2) is 18.4 Å². The molecule has 26 heavy (non-hydrogen) atoms. The van der Waals surface area contributed by atoms with Crippen molar-refractivity contribution in [3.8, 4) is 0 Å².